The van der Waals surface area contributed by atoms with Gasteiger partial charge in [-0.1, -0.05) is 92.5 Å². The smallest absolute Gasteiger partial charge is 0.305 e. The highest BCUT2D eigenvalue weighted by molar-refractivity contribution is 8.76. The Balaban J connectivity index is 1.50. The molecule has 5 aliphatic heterocycles. The van der Waals surface area contributed by atoms with Crippen molar-refractivity contribution in [2.75, 3.05) is 57.4 Å². The number of guanidine groups is 1. The lowest BCUT2D eigenvalue weighted by Gasteiger charge is -2.35. The molecule has 16 atom stereocenters. The number of unbranched alkanes of at least 4 members (excludes halogenated alkanes) is 2. The number of carbonyl (C=O) groups excluding carboxylic acids is 14. The molecule has 5 fully saturated rings. The summed E-state index contributed by atoms with van der Waals surface area (Å²) in [4.78, 5) is 225. The molecule has 38 heteroatoms. The zero-order chi connectivity index (χ0) is 77.9. The number of aliphatic imine (C=N–C) groups is 1. The van der Waals surface area contributed by atoms with Gasteiger partial charge in [0.1, 0.15) is 78.5 Å². The molecule has 20 N–H and O–H groups in total. The monoisotopic (exact) mass is 1530 g/mol. The third kappa shape index (κ3) is 24.9. The van der Waals surface area contributed by atoms with E-state index in [9.17, 15) is 72.9 Å². The van der Waals surface area contributed by atoms with Gasteiger partial charge in [0.15, 0.2) is 5.96 Å². The van der Waals surface area contributed by atoms with Crippen molar-refractivity contribution in [3.63, 3.8) is 0 Å². The molecule has 588 valence electrons. The summed E-state index contributed by atoms with van der Waals surface area (Å²) >= 11 is 0. The number of amides is 14. The largest absolute Gasteiger partial charge is 0.481 e. The van der Waals surface area contributed by atoms with E-state index in [0.717, 1.165) is 28.5 Å². The van der Waals surface area contributed by atoms with Gasteiger partial charge in [-0.15, -0.1) is 0 Å². The zero-order valence-corrected chi connectivity index (χ0v) is 62.2. The molecule has 1 aromatic carbocycles. The number of carbonyl (C=O) groups is 15. The highest BCUT2D eigenvalue weighted by atomic mass is 33.1. The summed E-state index contributed by atoms with van der Waals surface area (Å²) in [6.45, 7) is 6.42. The number of fused-ring (bicyclic) bond motifs is 8. The highest BCUT2D eigenvalue weighted by Crippen LogP contribution is 2.29. The number of nitrogens with zero attached hydrogens (tertiary/aromatic N) is 4. The van der Waals surface area contributed by atoms with Gasteiger partial charge in [0, 0.05) is 44.1 Å². The Morgan fingerprint density at radius 3 is 1.58 bits per heavy atom. The fraction of sp³-hybridized carbons (Fsp3) is 0.676. The zero-order valence-electron chi connectivity index (χ0n) is 60.6. The second-order valence-corrected chi connectivity index (χ2v) is 29.9. The molecular weight excluding hydrogens is 1420 g/mol. The summed E-state index contributed by atoms with van der Waals surface area (Å²) in [6.07, 6.45) is -0.530. The number of rotatable bonds is 19. The number of nitrogens with two attached hydrogens (primary N) is 3. The van der Waals surface area contributed by atoms with E-state index in [0.29, 0.717) is 31.2 Å². The molecular formula is C68H106N18O18S2. The molecule has 0 radical (unpaired) electrons. The van der Waals surface area contributed by atoms with Crippen LogP contribution in [0.25, 0.3) is 0 Å². The highest BCUT2D eigenvalue weighted by Gasteiger charge is 2.47. The molecule has 5 saturated heterocycles. The molecule has 6 rings (SSSR count). The maximum Gasteiger partial charge on any atom is 0.305 e. The fourth-order valence-electron chi connectivity index (χ4n) is 13.1. The molecule has 0 unspecified atom stereocenters. The van der Waals surface area contributed by atoms with E-state index in [-0.39, 0.29) is 109 Å². The van der Waals surface area contributed by atoms with E-state index >= 15 is 14.4 Å². The molecule has 0 aliphatic carbocycles. The van der Waals surface area contributed by atoms with Crippen LogP contribution in [0, 0.1) is 11.8 Å². The van der Waals surface area contributed by atoms with Crippen molar-refractivity contribution in [2.24, 2.45) is 34.0 Å². The van der Waals surface area contributed by atoms with Gasteiger partial charge in [-0.3, -0.25) is 76.9 Å². The minimum absolute atomic E-state index is 0.0242. The van der Waals surface area contributed by atoms with E-state index in [1.807, 2.05) is 0 Å². The number of aliphatic carboxylic acids is 1. The molecule has 0 aromatic heterocycles. The van der Waals surface area contributed by atoms with Gasteiger partial charge >= 0.3 is 5.97 Å². The van der Waals surface area contributed by atoms with Gasteiger partial charge in [-0.2, -0.15) is 0 Å². The topological polar surface area (TPSA) is 549 Å². The van der Waals surface area contributed by atoms with Crippen molar-refractivity contribution < 1.29 is 87.2 Å². The van der Waals surface area contributed by atoms with Crippen LogP contribution in [0.3, 0.4) is 0 Å². The van der Waals surface area contributed by atoms with Crippen molar-refractivity contribution in [1.29, 1.82) is 0 Å². The molecule has 5 heterocycles. The summed E-state index contributed by atoms with van der Waals surface area (Å²) in [5, 5.41) is 60.3. The lowest BCUT2D eigenvalue weighted by atomic mass is 9.96. The Bertz CT molecular complexity index is 3320. The van der Waals surface area contributed by atoms with Gasteiger partial charge in [-0.05, 0) is 108 Å². The van der Waals surface area contributed by atoms with Gasteiger partial charge < -0.3 is 106 Å². The van der Waals surface area contributed by atoms with Crippen LogP contribution >= 0.6 is 21.6 Å². The average Bonchev–Trinajstić information content (AvgIpc) is 1.61. The molecule has 0 spiro atoms. The molecule has 106 heavy (non-hydrogen) atoms. The summed E-state index contributed by atoms with van der Waals surface area (Å²) in [5.74, 6) is -17.0. The SMILES string of the molecule is CC[C@H](C)[C@@H]1NC(=O)[C@@H]2CCCN2C(=O)[C@@H]2CCCN2C(=O)[C@H]([C@@H](C)CC)NC(=O)[C@H](CO)NC(=O)[C@H](CCCCN)NC(=O)[C@H]([C@@H](C)O)NC(=O)[C@@H]2CSSC[C@H](NC1=O)C(=O)N[C@@H](Cc1ccccc1)C(=O)N1CCC[C@H]1C(=O)N[C@@H](CC(=O)O)C(=O)NCC(=O)N[C@@H](CCCCN=C(N)N)C(=O)N2. The second kappa shape index (κ2) is 42.5. The third-order valence-electron chi connectivity index (χ3n) is 19.5. The van der Waals surface area contributed by atoms with Crippen molar-refractivity contribution >= 4 is 116 Å². The summed E-state index contributed by atoms with van der Waals surface area (Å²) in [6, 6.07) is -11.4. The summed E-state index contributed by atoms with van der Waals surface area (Å²) in [7, 11) is 1.72. The first kappa shape index (κ1) is 86.0. The van der Waals surface area contributed by atoms with Gasteiger partial charge in [0.2, 0.25) is 82.7 Å². The molecule has 0 saturated carbocycles. The number of aliphatic hydroxyl groups is 2. The Morgan fingerprint density at radius 2 is 1.00 bits per heavy atom. The second-order valence-electron chi connectivity index (χ2n) is 27.4. The standard InChI is InChI=1S/C68H106N18O18S2/c1-6-36(3)52-63(100)80-45-34-105-106-35-46(79-56(93)40(21-12-14-26-72-68(70)71)74-50(89)32-73-55(92)42(31-51(90)91)76-61(98)47-22-15-27-84(47)65(102)43(77-59(45)96)30-39-18-9-8-10-19-39)60(97)83-54(38(5)88)64(101)75-41(20-11-13-25-69)57(94)78-44(33-87)58(95)82-53(37(4)7-2)67(104)86-29-17-24-49(86)66(103)85-28-16-23-48(85)62(99)81-52/h8-10,18-19,36-38,40-49,52-54,87-88H,6-7,11-17,20-35,69H2,1-5H3,(H,73,92)(H,74,89)(H,75,101)(H,76,98)(H,77,96)(H,78,94)(H,79,93)(H,80,100)(H,81,99)(H,82,95)(H,83,97)(H,90,91)(H4,70,71,72)/t36-,37-,38+,40-,41-,42-,43-,44-,45-,46-,47-,48-,49-,52-,53-,54-/m0/s1. The maximum absolute atomic E-state index is 15.3. The van der Waals surface area contributed by atoms with Crippen molar-refractivity contribution in [2.45, 2.75) is 222 Å². The van der Waals surface area contributed by atoms with Gasteiger partial charge in [0.05, 0.1) is 25.7 Å². The third-order valence-corrected chi connectivity index (χ3v) is 21.9. The van der Waals surface area contributed by atoms with E-state index in [2.05, 4.69) is 63.5 Å². The fourth-order valence-corrected chi connectivity index (χ4v) is 15.4. The Labute approximate surface area is 623 Å². The number of hydrogen-bond donors (Lipinski definition) is 17. The van der Waals surface area contributed by atoms with Gasteiger partial charge in [0.25, 0.3) is 0 Å². The van der Waals surface area contributed by atoms with Crippen LogP contribution in [0.1, 0.15) is 136 Å². The predicted molar refractivity (Wildman–Crippen MR) is 389 cm³/mol. The van der Waals surface area contributed by atoms with Crippen molar-refractivity contribution in [3.05, 3.63) is 35.9 Å². The average molecular weight is 1530 g/mol. The van der Waals surface area contributed by atoms with Crippen LogP contribution in [0.4, 0.5) is 0 Å². The van der Waals surface area contributed by atoms with E-state index in [1.54, 1.807) is 58.0 Å². The number of aliphatic hydroxyl groups excluding tert-OH is 2. The van der Waals surface area contributed by atoms with Crippen molar-refractivity contribution in [1.82, 2.24) is 73.2 Å². The van der Waals surface area contributed by atoms with Crippen LogP contribution in [-0.2, 0) is 78.3 Å². The minimum atomic E-state index is -1.94. The van der Waals surface area contributed by atoms with Crippen LogP contribution in [0.2, 0.25) is 0 Å². The van der Waals surface area contributed by atoms with Crippen molar-refractivity contribution in [3.8, 4) is 0 Å². The number of carboxylic acid groups (broad SMARTS) is 1. The lowest BCUT2D eigenvalue weighted by Crippen LogP contribution is -2.62. The Kier molecular flexibility index (Phi) is 34.5. The van der Waals surface area contributed by atoms with Crippen LogP contribution in [0.5, 0.6) is 0 Å². The van der Waals surface area contributed by atoms with Crippen LogP contribution in [0.15, 0.2) is 35.3 Å². The molecule has 14 amide bonds. The molecule has 1 aromatic rings. The predicted octanol–water partition coefficient (Wildman–Crippen LogP) is -4.91. The Morgan fingerprint density at radius 1 is 0.528 bits per heavy atom. The minimum Gasteiger partial charge on any atom is -0.481 e. The summed E-state index contributed by atoms with van der Waals surface area (Å²) in [5.41, 5.74) is 17.4. The van der Waals surface area contributed by atoms with E-state index in [1.165, 1.54) is 14.7 Å². The van der Waals surface area contributed by atoms with E-state index in [4.69, 9.17) is 17.2 Å². The number of carboxylic acids is 1. The number of nitrogens with one attached hydrogen (secondary N) is 11. The van der Waals surface area contributed by atoms with Gasteiger partial charge in [-0.25, -0.2) is 0 Å². The number of hydrogen-bond acceptors (Lipinski definition) is 21. The summed E-state index contributed by atoms with van der Waals surface area (Å²) < 4.78 is 0. The molecule has 2 bridgehead atoms. The quantitative estimate of drug-likeness (QED) is 0.0267. The first-order chi connectivity index (χ1) is 50.5. The Hall–Kier alpha value is -8.88. The molecule has 5 aliphatic rings. The first-order valence-corrected chi connectivity index (χ1v) is 38.8. The maximum atomic E-state index is 15.3. The first-order valence-electron chi connectivity index (χ1n) is 36.3. The van der Waals surface area contributed by atoms with Crippen LogP contribution < -0.4 is 75.7 Å². The normalized spacial score (nSPS) is 28.4. The van der Waals surface area contributed by atoms with Crippen LogP contribution in [-0.4, -0.2) is 267 Å². The lowest BCUT2D eigenvalue weighted by molar-refractivity contribution is -0.149. The van der Waals surface area contributed by atoms with E-state index < -0.39 is 216 Å². The number of benzene rings is 1. The molecule has 36 nitrogen and oxygen atoms in total.